The van der Waals surface area contributed by atoms with Crippen molar-refractivity contribution < 1.29 is 27.9 Å². The molecule has 0 aliphatic carbocycles. The number of benzene rings is 2. The lowest BCUT2D eigenvalue weighted by atomic mass is 10.1. The summed E-state index contributed by atoms with van der Waals surface area (Å²) in [5.41, 5.74) is 2.21. The molecule has 0 saturated carbocycles. The number of carbonyl (C=O) groups is 2. The predicted octanol–water partition coefficient (Wildman–Crippen LogP) is 1.87. The Morgan fingerprint density at radius 2 is 1.91 bits per heavy atom. The highest BCUT2D eigenvalue weighted by atomic mass is 32.2. The van der Waals surface area contributed by atoms with Crippen LogP contribution in [0, 0.1) is 25.2 Å². The average molecular weight is 472 g/mol. The third-order valence-electron chi connectivity index (χ3n) is 5.56. The van der Waals surface area contributed by atoms with Gasteiger partial charge in [-0.15, -0.1) is 0 Å². The number of nitrogens with zero attached hydrogens (tertiary/aromatic N) is 2. The van der Waals surface area contributed by atoms with Crippen LogP contribution in [-0.2, 0) is 24.3 Å². The van der Waals surface area contributed by atoms with E-state index < -0.39 is 40.1 Å². The van der Waals surface area contributed by atoms with E-state index in [9.17, 15) is 23.1 Å². The van der Waals surface area contributed by atoms with Crippen LogP contribution in [0.2, 0.25) is 0 Å². The van der Waals surface area contributed by atoms with Crippen molar-refractivity contribution >= 4 is 27.6 Å². The van der Waals surface area contributed by atoms with Crippen molar-refractivity contribution in [2.75, 3.05) is 11.9 Å². The van der Waals surface area contributed by atoms with Crippen molar-refractivity contribution in [2.24, 2.45) is 0 Å². The van der Waals surface area contributed by atoms with E-state index in [1.54, 1.807) is 25.1 Å². The van der Waals surface area contributed by atoms with Gasteiger partial charge in [-0.3, -0.25) is 9.59 Å². The van der Waals surface area contributed by atoms with E-state index in [-0.39, 0.29) is 29.1 Å². The van der Waals surface area contributed by atoms with E-state index in [2.05, 4.69) is 5.32 Å². The molecule has 0 spiro atoms. The van der Waals surface area contributed by atoms with Crippen molar-refractivity contribution in [3.05, 3.63) is 59.2 Å². The molecule has 3 atom stereocenters. The molecule has 1 amide bonds. The van der Waals surface area contributed by atoms with Gasteiger partial charge >= 0.3 is 5.97 Å². The Kier molecular flexibility index (Phi) is 7.17. The van der Waals surface area contributed by atoms with Crippen molar-refractivity contribution in [1.82, 2.24) is 4.31 Å². The summed E-state index contributed by atoms with van der Waals surface area (Å²) in [5.74, 6) is -1.61. The van der Waals surface area contributed by atoms with Gasteiger partial charge in [-0.05, 0) is 56.2 Å². The van der Waals surface area contributed by atoms with E-state index in [4.69, 9.17) is 10.00 Å². The van der Waals surface area contributed by atoms with Gasteiger partial charge in [0.1, 0.15) is 12.1 Å². The first-order valence-electron chi connectivity index (χ1n) is 10.3. The maximum atomic E-state index is 13.2. The summed E-state index contributed by atoms with van der Waals surface area (Å²) in [7, 11) is -4.08. The molecule has 0 radical (unpaired) electrons. The van der Waals surface area contributed by atoms with E-state index in [1.807, 2.05) is 13.0 Å². The zero-order valence-electron chi connectivity index (χ0n) is 18.5. The first-order chi connectivity index (χ1) is 15.5. The number of esters is 1. The van der Waals surface area contributed by atoms with Crippen LogP contribution in [0.5, 0.6) is 0 Å². The molecule has 9 nitrogen and oxygen atoms in total. The van der Waals surface area contributed by atoms with E-state index in [0.717, 1.165) is 15.4 Å². The summed E-state index contributed by atoms with van der Waals surface area (Å²) in [5, 5.41) is 21.8. The molecular weight excluding hydrogens is 446 g/mol. The second kappa shape index (κ2) is 9.70. The smallest absolute Gasteiger partial charge is 0.325 e. The summed E-state index contributed by atoms with van der Waals surface area (Å²) in [6.45, 7) is 4.72. The van der Waals surface area contributed by atoms with Crippen LogP contribution < -0.4 is 5.32 Å². The molecular formula is C23H25N3O6S. The molecule has 1 aliphatic rings. The summed E-state index contributed by atoms with van der Waals surface area (Å²) < 4.78 is 32.5. The molecule has 10 heteroatoms. The lowest BCUT2D eigenvalue weighted by molar-refractivity contribution is -0.156. The van der Waals surface area contributed by atoms with Crippen LogP contribution >= 0.6 is 0 Å². The normalized spacial score (nSPS) is 19.5. The number of aliphatic hydroxyl groups excluding tert-OH is 1. The van der Waals surface area contributed by atoms with Gasteiger partial charge in [0.25, 0.3) is 5.91 Å². The first-order valence-corrected chi connectivity index (χ1v) is 11.8. The molecule has 3 rings (SSSR count). The number of rotatable bonds is 6. The fraction of sp³-hybridized carbons (Fsp3) is 0.348. The third kappa shape index (κ3) is 5.22. The summed E-state index contributed by atoms with van der Waals surface area (Å²) in [4.78, 5) is 25.3. The first kappa shape index (κ1) is 24.4. The number of hydrogen-bond acceptors (Lipinski definition) is 7. The van der Waals surface area contributed by atoms with Gasteiger partial charge in [0, 0.05) is 13.0 Å². The minimum Gasteiger partial charge on any atom is -0.451 e. The number of ether oxygens (including phenoxy) is 1. The van der Waals surface area contributed by atoms with Crippen molar-refractivity contribution in [2.45, 2.75) is 50.3 Å². The number of nitriles is 1. The van der Waals surface area contributed by atoms with Crippen LogP contribution in [0.25, 0.3) is 0 Å². The molecule has 1 aliphatic heterocycles. The van der Waals surface area contributed by atoms with Gasteiger partial charge < -0.3 is 15.2 Å². The fourth-order valence-corrected chi connectivity index (χ4v) is 5.22. The van der Waals surface area contributed by atoms with Crippen LogP contribution in [0.3, 0.4) is 0 Å². The molecule has 0 aromatic heterocycles. The fourth-order valence-electron chi connectivity index (χ4n) is 3.50. The van der Waals surface area contributed by atoms with E-state index in [1.165, 1.54) is 31.2 Å². The summed E-state index contributed by atoms with van der Waals surface area (Å²) in [6.07, 6.45) is -2.45. The maximum Gasteiger partial charge on any atom is 0.325 e. The number of aliphatic hydroxyl groups is 1. The Morgan fingerprint density at radius 3 is 2.58 bits per heavy atom. The number of hydrogen-bond donors (Lipinski definition) is 2. The van der Waals surface area contributed by atoms with E-state index in [0.29, 0.717) is 0 Å². The minimum atomic E-state index is -4.08. The highest BCUT2D eigenvalue weighted by Gasteiger charge is 2.45. The average Bonchev–Trinajstić information content (AvgIpc) is 3.18. The summed E-state index contributed by atoms with van der Waals surface area (Å²) in [6, 6.07) is 11.7. The number of aryl methyl sites for hydroxylation is 2. The van der Waals surface area contributed by atoms with Gasteiger partial charge in [-0.25, -0.2) is 8.42 Å². The van der Waals surface area contributed by atoms with Crippen LogP contribution in [0.15, 0.2) is 47.4 Å². The lowest BCUT2D eigenvalue weighted by Gasteiger charge is -2.24. The molecule has 2 aromatic rings. The molecule has 1 heterocycles. The molecule has 2 N–H and O–H groups in total. The quantitative estimate of drug-likeness (QED) is 0.614. The Morgan fingerprint density at radius 1 is 1.21 bits per heavy atom. The van der Waals surface area contributed by atoms with Gasteiger partial charge in [0.15, 0.2) is 6.10 Å². The van der Waals surface area contributed by atoms with Crippen LogP contribution in [-0.4, -0.2) is 54.5 Å². The zero-order chi connectivity index (χ0) is 24.3. The number of amides is 1. The number of para-hydroxylation sites is 1. The second-order valence-corrected chi connectivity index (χ2v) is 9.84. The highest BCUT2D eigenvalue weighted by molar-refractivity contribution is 7.89. The third-order valence-corrected chi connectivity index (χ3v) is 7.43. The maximum absolute atomic E-state index is 13.2. The Bertz CT molecular complexity index is 1220. The van der Waals surface area contributed by atoms with Gasteiger partial charge in [-0.1, -0.05) is 18.2 Å². The van der Waals surface area contributed by atoms with Gasteiger partial charge in [-0.2, -0.15) is 9.57 Å². The van der Waals surface area contributed by atoms with Gasteiger partial charge in [0.2, 0.25) is 10.0 Å². The molecule has 1 fully saturated rings. The zero-order valence-corrected chi connectivity index (χ0v) is 19.3. The SMILES string of the molecule is Cc1ccc(S(=O)(=O)N2CC(O)C[C@H]2C(=O)OC(C)C(=O)Nc2ccccc2C#N)cc1C. The van der Waals surface area contributed by atoms with Crippen molar-refractivity contribution in [3.8, 4) is 6.07 Å². The molecule has 2 aromatic carbocycles. The second-order valence-electron chi connectivity index (χ2n) is 7.95. The largest absolute Gasteiger partial charge is 0.451 e. The topological polar surface area (TPSA) is 137 Å². The molecule has 33 heavy (non-hydrogen) atoms. The molecule has 2 unspecified atom stereocenters. The Hall–Kier alpha value is -3.26. The molecule has 174 valence electrons. The molecule has 0 bridgehead atoms. The number of sulfonamides is 1. The standard InChI is InChI=1S/C23H25N3O6S/c1-14-8-9-19(10-15(14)2)33(30,31)26-13-18(27)11-21(26)23(29)32-16(3)22(28)25-20-7-5-4-6-17(20)12-24/h4-10,16,18,21,27H,11,13H2,1-3H3,(H,25,28)/t16?,18?,21-/m0/s1. The summed E-state index contributed by atoms with van der Waals surface area (Å²) >= 11 is 0. The van der Waals surface area contributed by atoms with Gasteiger partial charge in [0.05, 0.1) is 22.3 Å². The minimum absolute atomic E-state index is 0.0106. The monoisotopic (exact) mass is 471 g/mol. The van der Waals surface area contributed by atoms with Crippen molar-refractivity contribution in [3.63, 3.8) is 0 Å². The van der Waals surface area contributed by atoms with Crippen molar-refractivity contribution in [1.29, 1.82) is 5.26 Å². The lowest BCUT2D eigenvalue weighted by Crippen LogP contribution is -2.43. The number of anilines is 1. The Labute approximate surface area is 192 Å². The van der Waals surface area contributed by atoms with E-state index >= 15 is 0 Å². The predicted molar refractivity (Wildman–Crippen MR) is 120 cm³/mol. The van der Waals surface area contributed by atoms with Crippen LogP contribution in [0.1, 0.15) is 30.0 Å². The number of β-amino-alcohol motifs (C(OH)–C–C–N with tert-alkyl or cyclic N) is 1. The Balaban J connectivity index is 1.75. The number of carbonyl (C=O) groups excluding carboxylic acids is 2. The van der Waals surface area contributed by atoms with Crippen LogP contribution in [0.4, 0.5) is 5.69 Å². The highest BCUT2D eigenvalue weighted by Crippen LogP contribution is 2.28. The number of nitrogens with one attached hydrogen (secondary N) is 1. The molecule has 1 saturated heterocycles.